The van der Waals surface area contributed by atoms with Crippen molar-refractivity contribution in [2.24, 2.45) is 0 Å². The van der Waals surface area contributed by atoms with Crippen LogP contribution >= 0.6 is 0 Å². The molecular weight excluding hydrogens is 338 g/mol. The van der Waals surface area contributed by atoms with Gasteiger partial charge in [0.1, 0.15) is 5.75 Å². The van der Waals surface area contributed by atoms with Crippen LogP contribution in [0.4, 0.5) is 0 Å². The van der Waals surface area contributed by atoms with Gasteiger partial charge < -0.3 is 9.72 Å². The van der Waals surface area contributed by atoms with Crippen molar-refractivity contribution in [2.45, 2.75) is 13.8 Å². The van der Waals surface area contributed by atoms with Gasteiger partial charge >= 0.3 is 0 Å². The number of aromatic nitrogens is 1. The van der Waals surface area contributed by atoms with Gasteiger partial charge in [-0.1, -0.05) is 42.5 Å². The van der Waals surface area contributed by atoms with Crippen molar-refractivity contribution in [3.8, 4) is 5.75 Å². The Bertz CT molecular complexity index is 1100. The molecule has 0 fully saturated rings. The Morgan fingerprint density at radius 3 is 2.44 bits per heavy atom. The molecule has 0 aliphatic carbocycles. The highest BCUT2D eigenvalue weighted by Gasteiger charge is 2.17. The molecule has 0 saturated carbocycles. The summed E-state index contributed by atoms with van der Waals surface area (Å²) >= 11 is 0. The first kappa shape index (κ1) is 18.4. The zero-order valence-corrected chi connectivity index (χ0v) is 15.6. The number of pyridine rings is 1. The molecule has 3 rings (SSSR count). The SMILES string of the molecule is C/C=C(/C(=O)C=Cc1ccc(OC)cc1)c1c(C)c2ccccc2[nH]c1=O. The standard InChI is InChI=1S/C23H21NO3/c1-4-18(21(25)14-11-16-9-12-17(27-3)13-10-16)22-15(2)19-7-5-6-8-20(19)24-23(22)26/h4-14H,1-3H3,(H,24,26)/b14-11?,18-4-. The molecule has 0 bridgehead atoms. The van der Waals surface area contributed by atoms with E-state index in [4.69, 9.17) is 4.74 Å². The molecule has 27 heavy (non-hydrogen) atoms. The summed E-state index contributed by atoms with van der Waals surface area (Å²) in [6, 6.07) is 15.0. The van der Waals surface area contributed by atoms with Gasteiger partial charge in [-0.05, 0) is 49.2 Å². The molecule has 3 aromatic rings. The second-order valence-electron chi connectivity index (χ2n) is 6.17. The van der Waals surface area contributed by atoms with Crippen molar-refractivity contribution < 1.29 is 9.53 Å². The van der Waals surface area contributed by atoms with E-state index in [1.54, 1.807) is 26.2 Å². The lowest BCUT2D eigenvalue weighted by atomic mass is 9.95. The second kappa shape index (κ2) is 7.87. The monoisotopic (exact) mass is 359 g/mol. The largest absolute Gasteiger partial charge is 0.497 e. The van der Waals surface area contributed by atoms with E-state index in [9.17, 15) is 9.59 Å². The number of hydrogen-bond donors (Lipinski definition) is 1. The fraction of sp³-hybridized carbons (Fsp3) is 0.130. The minimum Gasteiger partial charge on any atom is -0.497 e. The van der Waals surface area contributed by atoms with Gasteiger partial charge in [-0.2, -0.15) is 0 Å². The fourth-order valence-corrected chi connectivity index (χ4v) is 3.12. The van der Waals surface area contributed by atoms with E-state index in [1.165, 1.54) is 6.08 Å². The summed E-state index contributed by atoms with van der Waals surface area (Å²) in [5.74, 6) is 0.545. The van der Waals surface area contributed by atoms with E-state index in [1.807, 2.05) is 55.5 Å². The predicted molar refractivity (Wildman–Crippen MR) is 110 cm³/mol. The highest BCUT2D eigenvalue weighted by atomic mass is 16.5. The number of aryl methyl sites for hydroxylation is 1. The lowest BCUT2D eigenvalue weighted by Crippen LogP contribution is -2.17. The topological polar surface area (TPSA) is 59.2 Å². The van der Waals surface area contributed by atoms with Gasteiger partial charge in [0.15, 0.2) is 5.78 Å². The molecule has 2 aromatic carbocycles. The first-order valence-electron chi connectivity index (χ1n) is 8.70. The van der Waals surface area contributed by atoms with Gasteiger partial charge in [-0.25, -0.2) is 0 Å². The van der Waals surface area contributed by atoms with E-state index in [2.05, 4.69) is 4.98 Å². The Labute approximate surface area is 157 Å². The predicted octanol–water partition coefficient (Wildman–Crippen LogP) is 4.53. The van der Waals surface area contributed by atoms with Crippen LogP contribution in [-0.2, 0) is 4.79 Å². The van der Waals surface area contributed by atoms with Gasteiger partial charge in [0.05, 0.1) is 12.7 Å². The number of carbonyl (C=O) groups is 1. The zero-order chi connectivity index (χ0) is 19.4. The Morgan fingerprint density at radius 2 is 1.78 bits per heavy atom. The normalized spacial score (nSPS) is 11.9. The summed E-state index contributed by atoms with van der Waals surface area (Å²) in [6.07, 6.45) is 4.91. The van der Waals surface area contributed by atoms with Crippen LogP contribution in [0.3, 0.4) is 0 Å². The second-order valence-corrected chi connectivity index (χ2v) is 6.17. The van der Waals surface area contributed by atoms with Gasteiger partial charge in [0.2, 0.25) is 0 Å². The smallest absolute Gasteiger partial charge is 0.256 e. The van der Waals surface area contributed by atoms with Crippen LogP contribution in [0.5, 0.6) is 5.75 Å². The number of benzene rings is 2. The molecule has 0 aliphatic heterocycles. The van der Waals surface area contributed by atoms with E-state index < -0.39 is 0 Å². The fourth-order valence-electron chi connectivity index (χ4n) is 3.12. The van der Waals surface area contributed by atoms with Crippen LogP contribution in [0.1, 0.15) is 23.6 Å². The number of nitrogens with one attached hydrogen (secondary N) is 1. The third kappa shape index (κ3) is 3.75. The number of hydrogen-bond acceptors (Lipinski definition) is 3. The van der Waals surface area contributed by atoms with Crippen LogP contribution < -0.4 is 10.3 Å². The van der Waals surface area contributed by atoms with Crippen molar-refractivity contribution >= 4 is 28.3 Å². The first-order chi connectivity index (χ1) is 13.0. The Hall–Kier alpha value is -3.40. The summed E-state index contributed by atoms with van der Waals surface area (Å²) in [4.78, 5) is 28.3. The number of ether oxygens (including phenoxy) is 1. The average molecular weight is 359 g/mol. The molecule has 1 aromatic heterocycles. The van der Waals surface area contributed by atoms with Gasteiger partial charge in [0.25, 0.3) is 5.56 Å². The molecule has 0 spiro atoms. The number of ketones is 1. The zero-order valence-electron chi connectivity index (χ0n) is 15.6. The highest BCUT2D eigenvalue weighted by molar-refractivity contribution is 6.27. The maximum atomic E-state index is 12.8. The minimum atomic E-state index is -0.259. The van der Waals surface area contributed by atoms with Crippen molar-refractivity contribution in [3.63, 3.8) is 0 Å². The van der Waals surface area contributed by atoms with Crippen LogP contribution in [0.25, 0.3) is 22.6 Å². The Balaban J connectivity index is 1.97. The number of fused-ring (bicyclic) bond motifs is 1. The van der Waals surface area contributed by atoms with Crippen LogP contribution in [0, 0.1) is 6.92 Å². The summed E-state index contributed by atoms with van der Waals surface area (Å²) in [5, 5.41) is 0.929. The molecule has 136 valence electrons. The van der Waals surface area contributed by atoms with Crippen molar-refractivity contribution in [3.05, 3.63) is 87.7 Å². The van der Waals surface area contributed by atoms with E-state index in [-0.39, 0.29) is 11.3 Å². The van der Waals surface area contributed by atoms with Crippen LogP contribution in [-0.4, -0.2) is 17.9 Å². The molecule has 1 heterocycles. The molecule has 0 amide bonds. The molecule has 0 atom stereocenters. The first-order valence-corrected chi connectivity index (χ1v) is 8.70. The van der Waals surface area contributed by atoms with E-state index >= 15 is 0 Å². The summed E-state index contributed by atoms with van der Waals surface area (Å²) in [5.41, 5.74) is 2.99. The number of carbonyl (C=O) groups excluding carboxylic acids is 1. The number of aromatic amines is 1. The van der Waals surface area contributed by atoms with E-state index in [0.717, 1.165) is 27.8 Å². The molecule has 1 N–H and O–H groups in total. The summed E-state index contributed by atoms with van der Waals surface area (Å²) < 4.78 is 5.13. The number of allylic oxidation sites excluding steroid dienone is 3. The van der Waals surface area contributed by atoms with E-state index in [0.29, 0.717) is 11.1 Å². The van der Waals surface area contributed by atoms with Gasteiger partial charge in [-0.3, -0.25) is 9.59 Å². The van der Waals surface area contributed by atoms with Crippen molar-refractivity contribution in [1.82, 2.24) is 4.98 Å². The molecular formula is C23H21NO3. The number of rotatable bonds is 5. The summed E-state index contributed by atoms with van der Waals surface area (Å²) in [7, 11) is 1.61. The number of H-pyrrole nitrogens is 1. The van der Waals surface area contributed by atoms with Gasteiger partial charge in [-0.15, -0.1) is 0 Å². The molecule has 0 saturated heterocycles. The maximum Gasteiger partial charge on any atom is 0.256 e. The molecule has 0 unspecified atom stereocenters. The molecule has 0 aliphatic rings. The minimum absolute atomic E-state index is 0.211. The maximum absolute atomic E-state index is 12.8. The number of para-hydroxylation sites is 1. The Kier molecular flexibility index (Phi) is 5.36. The summed E-state index contributed by atoms with van der Waals surface area (Å²) in [6.45, 7) is 3.64. The third-order valence-corrected chi connectivity index (χ3v) is 4.55. The molecule has 0 radical (unpaired) electrons. The Morgan fingerprint density at radius 1 is 1.07 bits per heavy atom. The molecule has 4 heteroatoms. The third-order valence-electron chi connectivity index (χ3n) is 4.55. The quantitative estimate of drug-likeness (QED) is 0.681. The molecule has 4 nitrogen and oxygen atoms in total. The van der Waals surface area contributed by atoms with Gasteiger partial charge in [0, 0.05) is 16.5 Å². The highest BCUT2D eigenvalue weighted by Crippen LogP contribution is 2.23. The van der Waals surface area contributed by atoms with Crippen molar-refractivity contribution in [2.75, 3.05) is 7.11 Å². The lowest BCUT2D eigenvalue weighted by molar-refractivity contribution is -0.109. The average Bonchev–Trinajstić information content (AvgIpc) is 2.69. The lowest BCUT2D eigenvalue weighted by Gasteiger charge is -2.10. The van der Waals surface area contributed by atoms with Crippen LogP contribution in [0.2, 0.25) is 0 Å². The van der Waals surface area contributed by atoms with Crippen LogP contribution in [0.15, 0.2) is 65.5 Å². The number of methoxy groups -OCH3 is 1. The van der Waals surface area contributed by atoms with Crippen molar-refractivity contribution in [1.29, 1.82) is 0 Å².